The summed E-state index contributed by atoms with van der Waals surface area (Å²) in [6.45, 7) is 2.02. The van der Waals surface area contributed by atoms with Crippen LogP contribution in [0.4, 0.5) is 0 Å². The first-order valence-electron chi connectivity index (χ1n) is 5.85. The molecule has 1 rings (SSSR count). The van der Waals surface area contributed by atoms with Crippen molar-refractivity contribution >= 4 is 5.91 Å². The van der Waals surface area contributed by atoms with E-state index in [-0.39, 0.29) is 11.7 Å². The molecule has 5 nitrogen and oxygen atoms in total. The van der Waals surface area contributed by atoms with E-state index in [1.54, 1.807) is 37.3 Å². The van der Waals surface area contributed by atoms with Gasteiger partial charge < -0.3 is 20.1 Å². The van der Waals surface area contributed by atoms with Crippen LogP contribution in [0.15, 0.2) is 24.3 Å². The van der Waals surface area contributed by atoms with E-state index < -0.39 is 0 Å². The van der Waals surface area contributed by atoms with Gasteiger partial charge in [-0.2, -0.15) is 0 Å². The molecule has 100 valence electrons. The normalized spacial score (nSPS) is 10.3. The molecule has 1 aromatic carbocycles. The summed E-state index contributed by atoms with van der Waals surface area (Å²) in [7, 11) is 3.36. The van der Waals surface area contributed by atoms with Crippen LogP contribution in [-0.4, -0.2) is 49.8 Å². The van der Waals surface area contributed by atoms with Crippen molar-refractivity contribution in [2.75, 3.05) is 33.9 Å². The van der Waals surface area contributed by atoms with Gasteiger partial charge in [0.1, 0.15) is 5.75 Å². The van der Waals surface area contributed by atoms with Crippen LogP contribution in [0.25, 0.3) is 0 Å². The maximum absolute atomic E-state index is 11.8. The predicted octanol–water partition coefficient (Wildman–Crippen LogP) is 0.587. The third-order valence-corrected chi connectivity index (χ3v) is 2.52. The predicted molar refractivity (Wildman–Crippen MR) is 69.3 cm³/mol. The molecule has 0 aliphatic carbocycles. The Morgan fingerprint density at radius 3 is 2.94 bits per heavy atom. The van der Waals surface area contributed by atoms with Gasteiger partial charge in [0, 0.05) is 27.2 Å². The molecule has 1 aromatic rings. The molecule has 2 N–H and O–H groups in total. The van der Waals surface area contributed by atoms with Gasteiger partial charge in [-0.1, -0.05) is 12.1 Å². The van der Waals surface area contributed by atoms with Crippen LogP contribution in [0.5, 0.6) is 5.75 Å². The standard InChI is InChI=1S/C13H20N2O3/c1-15(13(17)9-14-6-7-18-2)10-11-4-3-5-12(16)8-11/h3-5,8,14,16H,6-7,9-10H2,1-2H3. The summed E-state index contributed by atoms with van der Waals surface area (Å²) >= 11 is 0. The maximum atomic E-state index is 11.8. The molecule has 0 spiro atoms. The van der Waals surface area contributed by atoms with E-state index in [2.05, 4.69) is 5.32 Å². The van der Waals surface area contributed by atoms with E-state index in [1.165, 1.54) is 0 Å². The van der Waals surface area contributed by atoms with Crippen LogP contribution < -0.4 is 5.32 Å². The molecule has 0 fully saturated rings. The molecule has 0 saturated heterocycles. The average molecular weight is 252 g/mol. The van der Waals surface area contributed by atoms with Crippen LogP contribution in [0.3, 0.4) is 0 Å². The van der Waals surface area contributed by atoms with Gasteiger partial charge in [0.05, 0.1) is 13.2 Å². The molecule has 0 atom stereocenters. The summed E-state index contributed by atoms with van der Waals surface area (Å²) in [6, 6.07) is 6.90. The number of phenols is 1. The molecule has 18 heavy (non-hydrogen) atoms. The molecular formula is C13H20N2O3. The monoisotopic (exact) mass is 252 g/mol. The lowest BCUT2D eigenvalue weighted by molar-refractivity contribution is -0.129. The zero-order valence-electron chi connectivity index (χ0n) is 10.8. The van der Waals surface area contributed by atoms with E-state index in [4.69, 9.17) is 4.74 Å². The molecule has 0 aliphatic rings. The first kappa shape index (κ1) is 14.5. The number of amides is 1. The number of aromatic hydroxyl groups is 1. The zero-order valence-corrected chi connectivity index (χ0v) is 10.8. The van der Waals surface area contributed by atoms with Crippen molar-refractivity contribution in [3.8, 4) is 5.75 Å². The quantitative estimate of drug-likeness (QED) is 0.697. The van der Waals surface area contributed by atoms with Crippen molar-refractivity contribution in [2.45, 2.75) is 6.54 Å². The Balaban J connectivity index is 2.35. The Bertz CT molecular complexity index is 382. The molecule has 5 heteroatoms. The number of carbonyl (C=O) groups excluding carboxylic acids is 1. The zero-order chi connectivity index (χ0) is 13.4. The van der Waals surface area contributed by atoms with Crippen LogP contribution in [0, 0.1) is 0 Å². The van der Waals surface area contributed by atoms with Crippen molar-refractivity contribution in [1.29, 1.82) is 0 Å². The molecule has 0 saturated carbocycles. The van der Waals surface area contributed by atoms with E-state index in [9.17, 15) is 9.90 Å². The summed E-state index contributed by atoms with van der Waals surface area (Å²) in [6.07, 6.45) is 0. The van der Waals surface area contributed by atoms with Crippen LogP contribution in [0.2, 0.25) is 0 Å². The second kappa shape index (κ2) is 7.68. The number of hydrogen-bond acceptors (Lipinski definition) is 4. The summed E-state index contributed by atoms with van der Waals surface area (Å²) < 4.78 is 4.88. The number of benzene rings is 1. The van der Waals surface area contributed by atoms with Crippen molar-refractivity contribution in [3.63, 3.8) is 0 Å². The minimum absolute atomic E-state index is 0.00875. The molecule has 0 unspecified atom stereocenters. The number of likely N-dealkylation sites (N-methyl/N-ethyl adjacent to an activating group) is 1. The third kappa shape index (κ3) is 5.16. The largest absolute Gasteiger partial charge is 0.508 e. The lowest BCUT2D eigenvalue weighted by Gasteiger charge is -2.17. The van der Waals surface area contributed by atoms with Crippen molar-refractivity contribution in [1.82, 2.24) is 10.2 Å². The number of carbonyl (C=O) groups is 1. The molecule has 0 radical (unpaired) electrons. The van der Waals surface area contributed by atoms with Gasteiger partial charge in [0.15, 0.2) is 0 Å². The lowest BCUT2D eigenvalue weighted by Crippen LogP contribution is -2.36. The van der Waals surface area contributed by atoms with Gasteiger partial charge in [-0.3, -0.25) is 4.79 Å². The molecular weight excluding hydrogens is 232 g/mol. The van der Waals surface area contributed by atoms with Crippen molar-refractivity contribution < 1.29 is 14.6 Å². The smallest absolute Gasteiger partial charge is 0.236 e. The fraction of sp³-hybridized carbons (Fsp3) is 0.462. The van der Waals surface area contributed by atoms with Gasteiger partial charge >= 0.3 is 0 Å². The number of nitrogens with zero attached hydrogens (tertiary/aromatic N) is 1. The summed E-state index contributed by atoms with van der Waals surface area (Å²) in [5.74, 6) is 0.223. The van der Waals surface area contributed by atoms with E-state index >= 15 is 0 Å². The first-order chi connectivity index (χ1) is 8.63. The average Bonchev–Trinajstić information content (AvgIpc) is 2.34. The molecule has 0 bridgehead atoms. The van der Waals surface area contributed by atoms with Crippen LogP contribution in [-0.2, 0) is 16.1 Å². The van der Waals surface area contributed by atoms with Gasteiger partial charge in [0.25, 0.3) is 0 Å². The van der Waals surface area contributed by atoms with Crippen molar-refractivity contribution in [2.24, 2.45) is 0 Å². The molecule has 0 heterocycles. The third-order valence-electron chi connectivity index (χ3n) is 2.52. The van der Waals surface area contributed by atoms with Gasteiger partial charge in [-0.15, -0.1) is 0 Å². The van der Waals surface area contributed by atoms with Gasteiger partial charge in [-0.05, 0) is 17.7 Å². The maximum Gasteiger partial charge on any atom is 0.236 e. The number of rotatable bonds is 7. The Kier molecular flexibility index (Phi) is 6.18. The second-order valence-corrected chi connectivity index (χ2v) is 4.09. The fourth-order valence-electron chi connectivity index (χ4n) is 1.52. The topological polar surface area (TPSA) is 61.8 Å². The lowest BCUT2D eigenvalue weighted by atomic mass is 10.2. The van der Waals surface area contributed by atoms with Gasteiger partial charge in [-0.25, -0.2) is 0 Å². The minimum atomic E-state index is 0.00875. The highest BCUT2D eigenvalue weighted by Gasteiger charge is 2.08. The highest BCUT2D eigenvalue weighted by molar-refractivity contribution is 5.77. The van der Waals surface area contributed by atoms with E-state index in [0.29, 0.717) is 26.2 Å². The summed E-state index contributed by atoms with van der Waals surface area (Å²) in [5.41, 5.74) is 0.905. The van der Waals surface area contributed by atoms with E-state index in [0.717, 1.165) is 5.56 Å². The number of methoxy groups -OCH3 is 1. The Hall–Kier alpha value is -1.59. The summed E-state index contributed by atoms with van der Waals surface area (Å²) in [5, 5.41) is 12.3. The molecule has 0 aliphatic heterocycles. The highest BCUT2D eigenvalue weighted by atomic mass is 16.5. The Morgan fingerprint density at radius 2 is 2.28 bits per heavy atom. The number of nitrogens with one attached hydrogen (secondary N) is 1. The second-order valence-electron chi connectivity index (χ2n) is 4.09. The van der Waals surface area contributed by atoms with E-state index in [1.807, 2.05) is 6.07 Å². The van der Waals surface area contributed by atoms with Crippen molar-refractivity contribution in [3.05, 3.63) is 29.8 Å². The van der Waals surface area contributed by atoms with Crippen LogP contribution in [0.1, 0.15) is 5.56 Å². The Labute approximate surface area is 107 Å². The SMILES string of the molecule is COCCNCC(=O)N(C)Cc1cccc(O)c1. The number of ether oxygens (including phenoxy) is 1. The van der Waals surface area contributed by atoms with Crippen LogP contribution >= 0.6 is 0 Å². The molecule has 0 aromatic heterocycles. The minimum Gasteiger partial charge on any atom is -0.508 e. The number of phenolic OH excluding ortho intramolecular Hbond substituents is 1. The highest BCUT2D eigenvalue weighted by Crippen LogP contribution is 2.12. The first-order valence-corrected chi connectivity index (χ1v) is 5.85. The number of hydrogen-bond donors (Lipinski definition) is 2. The Morgan fingerprint density at radius 1 is 1.50 bits per heavy atom. The summed E-state index contributed by atoms with van der Waals surface area (Å²) in [4.78, 5) is 13.4. The molecule has 1 amide bonds. The fourth-order valence-corrected chi connectivity index (χ4v) is 1.52. The van der Waals surface area contributed by atoms with Gasteiger partial charge in [0.2, 0.25) is 5.91 Å².